The normalized spacial score (nSPS) is 10.8. The molecular formula is C19H20N6O2. The molecule has 3 N–H and O–H groups in total. The van der Waals surface area contributed by atoms with E-state index in [9.17, 15) is 9.59 Å². The summed E-state index contributed by atoms with van der Waals surface area (Å²) in [4.78, 5) is 24.4. The maximum Gasteiger partial charge on any atom is 0.248 e. The van der Waals surface area contributed by atoms with Crippen molar-refractivity contribution in [2.45, 2.75) is 26.3 Å². The van der Waals surface area contributed by atoms with Crippen LogP contribution < -0.4 is 11.1 Å². The number of nitrogens with one attached hydrogen (secondary N) is 1. The maximum atomic E-state index is 12.1. The maximum absolute atomic E-state index is 12.1. The Balaban J connectivity index is 1.63. The van der Waals surface area contributed by atoms with Crippen molar-refractivity contribution in [3.63, 3.8) is 0 Å². The van der Waals surface area contributed by atoms with Gasteiger partial charge in [-0.15, -0.1) is 10.2 Å². The molecule has 0 aliphatic rings. The van der Waals surface area contributed by atoms with Crippen molar-refractivity contribution in [1.29, 1.82) is 0 Å². The number of rotatable bonds is 6. The van der Waals surface area contributed by atoms with E-state index in [0.717, 1.165) is 5.56 Å². The number of hydrogen-bond acceptors (Lipinski definition) is 5. The summed E-state index contributed by atoms with van der Waals surface area (Å²) in [6, 6.07) is 14.2. The second-order valence-electron chi connectivity index (χ2n) is 6.41. The van der Waals surface area contributed by atoms with Gasteiger partial charge in [-0.2, -0.15) is 4.80 Å². The van der Waals surface area contributed by atoms with E-state index in [1.165, 1.54) is 10.4 Å². The molecule has 0 bridgehead atoms. The average Bonchev–Trinajstić information content (AvgIpc) is 3.10. The van der Waals surface area contributed by atoms with Crippen LogP contribution in [0, 0.1) is 0 Å². The van der Waals surface area contributed by atoms with Gasteiger partial charge in [0, 0.05) is 16.8 Å². The average molecular weight is 364 g/mol. The van der Waals surface area contributed by atoms with E-state index < -0.39 is 5.91 Å². The van der Waals surface area contributed by atoms with Crippen molar-refractivity contribution in [3.05, 3.63) is 59.7 Å². The SMILES string of the molecule is CC(C)c1ccc(-c2nnn(CC(=O)Nc3ccc(C(N)=O)cc3)n2)cc1. The summed E-state index contributed by atoms with van der Waals surface area (Å²) in [5.41, 5.74) is 8.18. The molecule has 3 rings (SSSR count). The lowest BCUT2D eigenvalue weighted by atomic mass is 10.0. The van der Waals surface area contributed by atoms with E-state index >= 15 is 0 Å². The highest BCUT2D eigenvalue weighted by Crippen LogP contribution is 2.19. The van der Waals surface area contributed by atoms with E-state index in [1.807, 2.05) is 24.3 Å². The predicted octanol–water partition coefficient (Wildman–Crippen LogP) is 2.20. The highest BCUT2D eigenvalue weighted by molar-refractivity contribution is 5.94. The zero-order valence-corrected chi connectivity index (χ0v) is 15.1. The number of carbonyl (C=O) groups is 2. The third-order valence-corrected chi connectivity index (χ3v) is 4.03. The fourth-order valence-corrected chi connectivity index (χ4v) is 2.49. The van der Waals surface area contributed by atoms with Gasteiger partial charge in [-0.3, -0.25) is 9.59 Å². The van der Waals surface area contributed by atoms with Crippen LogP contribution in [0.3, 0.4) is 0 Å². The molecule has 0 spiro atoms. The minimum Gasteiger partial charge on any atom is -0.366 e. The van der Waals surface area contributed by atoms with Crippen molar-refractivity contribution in [2.75, 3.05) is 5.32 Å². The standard InChI is InChI=1S/C19H20N6O2/c1-12(2)13-3-5-15(6-4-13)19-22-24-25(23-19)11-17(26)21-16-9-7-14(8-10-16)18(20)27/h3-10,12H,11H2,1-2H3,(H2,20,27)(H,21,26). The summed E-state index contributed by atoms with van der Waals surface area (Å²) in [6.45, 7) is 4.18. The van der Waals surface area contributed by atoms with Crippen LogP contribution in [-0.2, 0) is 11.3 Å². The number of primary amides is 1. The number of hydrogen-bond donors (Lipinski definition) is 2. The molecule has 2 aromatic carbocycles. The topological polar surface area (TPSA) is 116 Å². The zero-order valence-electron chi connectivity index (χ0n) is 15.1. The first-order valence-electron chi connectivity index (χ1n) is 8.50. The molecule has 27 heavy (non-hydrogen) atoms. The summed E-state index contributed by atoms with van der Waals surface area (Å²) in [5.74, 6) is 0.0851. The molecule has 0 atom stereocenters. The van der Waals surface area contributed by atoms with Crippen LogP contribution in [0.25, 0.3) is 11.4 Å². The van der Waals surface area contributed by atoms with Crippen molar-refractivity contribution >= 4 is 17.5 Å². The van der Waals surface area contributed by atoms with Crippen LogP contribution in [0.5, 0.6) is 0 Å². The third-order valence-electron chi connectivity index (χ3n) is 4.03. The largest absolute Gasteiger partial charge is 0.366 e. The Morgan fingerprint density at radius 2 is 1.74 bits per heavy atom. The Labute approximate surface area is 156 Å². The molecule has 0 aliphatic heterocycles. The Bertz CT molecular complexity index is 945. The van der Waals surface area contributed by atoms with Gasteiger partial charge >= 0.3 is 0 Å². The molecule has 0 radical (unpaired) electrons. The van der Waals surface area contributed by atoms with Crippen LogP contribution in [0.2, 0.25) is 0 Å². The Morgan fingerprint density at radius 3 is 2.33 bits per heavy atom. The number of carbonyl (C=O) groups excluding carboxylic acids is 2. The van der Waals surface area contributed by atoms with Gasteiger partial charge < -0.3 is 11.1 Å². The first kappa shape index (κ1) is 18.2. The Morgan fingerprint density at radius 1 is 1.07 bits per heavy atom. The predicted molar refractivity (Wildman–Crippen MR) is 101 cm³/mol. The van der Waals surface area contributed by atoms with E-state index in [0.29, 0.717) is 23.0 Å². The first-order chi connectivity index (χ1) is 12.9. The highest BCUT2D eigenvalue weighted by atomic mass is 16.2. The molecular weight excluding hydrogens is 344 g/mol. The molecule has 0 aliphatic carbocycles. The number of anilines is 1. The smallest absolute Gasteiger partial charge is 0.248 e. The van der Waals surface area contributed by atoms with Crippen molar-refractivity contribution < 1.29 is 9.59 Å². The summed E-state index contributed by atoms with van der Waals surface area (Å²) >= 11 is 0. The lowest BCUT2D eigenvalue weighted by Gasteiger charge is -2.05. The molecule has 0 saturated carbocycles. The molecule has 3 aromatic rings. The van der Waals surface area contributed by atoms with Crippen LogP contribution in [0.15, 0.2) is 48.5 Å². The van der Waals surface area contributed by atoms with Crippen LogP contribution >= 0.6 is 0 Å². The monoisotopic (exact) mass is 364 g/mol. The molecule has 1 heterocycles. The van der Waals surface area contributed by atoms with Crippen LogP contribution in [-0.4, -0.2) is 32.0 Å². The number of nitrogens with two attached hydrogens (primary N) is 1. The number of benzene rings is 2. The summed E-state index contributed by atoms with van der Waals surface area (Å²) in [5, 5.41) is 14.9. The number of tetrazole rings is 1. The molecule has 1 aromatic heterocycles. The lowest BCUT2D eigenvalue weighted by Crippen LogP contribution is -2.20. The van der Waals surface area contributed by atoms with Gasteiger partial charge in [0.25, 0.3) is 0 Å². The van der Waals surface area contributed by atoms with Gasteiger partial charge in [-0.05, 0) is 41.0 Å². The molecule has 0 fully saturated rings. The lowest BCUT2D eigenvalue weighted by molar-refractivity contribution is -0.117. The number of aromatic nitrogens is 4. The quantitative estimate of drug-likeness (QED) is 0.695. The minimum absolute atomic E-state index is 0.0748. The van der Waals surface area contributed by atoms with E-state index in [-0.39, 0.29) is 12.5 Å². The van der Waals surface area contributed by atoms with Gasteiger partial charge in [0.1, 0.15) is 6.54 Å². The molecule has 2 amide bonds. The molecule has 138 valence electrons. The van der Waals surface area contributed by atoms with Crippen molar-refractivity contribution in [1.82, 2.24) is 20.2 Å². The Kier molecular flexibility index (Phi) is 5.25. The summed E-state index contributed by atoms with van der Waals surface area (Å²) < 4.78 is 0. The first-order valence-corrected chi connectivity index (χ1v) is 8.50. The van der Waals surface area contributed by atoms with Crippen LogP contribution in [0.1, 0.15) is 35.7 Å². The van der Waals surface area contributed by atoms with E-state index in [1.54, 1.807) is 24.3 Å². The van der Waals surface area contributed by atoms with Crippen LogP contribution in [0.4, 0.5) is 5.69 Å². The summed E-state index contributed by atoms with van der Waals surface area (Å²) in [6.07, 6.45) is 0. The van der Waals surface area contributed by atoms with Crippen molar-refractivity contribution in [3.8, 4) is 11.4 Å². The van der Waals surface area contributed by atoms with Gasteiger partial charge in [0.15, 0.2) is 0 Å². The zero-order chi connectivity index (χ0) is 19.4. The number of amides is 2. The van der Waals surface area contributed by atoms with Gasteiger partial charge in [0.05, 0.1) is 0 Å². The van der Waals surface area contributed by atoms with Gasteiger partial charge in [-0.1, -0.05) is 38.1 Å². The highest BCUT2D eigenvalue weighted by Gasteiger charge is 2.10. The summed E-state index contributed by atoms with van der Waals surface area (Å²) in [7, 11) is 0. The number of nitrogens with zero attached hydrogens (tertiary/aromatic N) is 4. The van der Waals surface area contributed by atoms with E-state index in [2.05, 4.69) is 34.6 Å². The van der Waals surface area contributed by atoms with Crippen molar-refractivity contribution in [2.24, 2.45) is 5.73 Å². The fourth-order valence-electron chi connectivity index (χ4n) is 2.49. The van der Waals surface area contributed by atoms with Gasteiger partial charge in [0.2, 0.25) is 17.6 Å². The molecule has 0 saturated heterocycles. The second-order valence-corrected chi connectivity index (χ2v) is 6.41. The molecule has 8 heteroatoms. The minimum atomic E-state index is -0.520. The third kappa shape index (κ3) is 4.55. The Hall–Kier alpha value is -3.55. The molecule has 8 nitrogen and oxygen atoms in total. The van der Waals surface area contributed by atoms with E-state index in [4.69, 9.17) is 5.73 Å². The fraction of sp³-hybridized carbons (Fsp3) is 0.211. The van der Waals surface area contributed by atoms with Gasteiger partial charge in [-0.25, -0.2) is 0 Å². The molecule has 0 unspecified atom stereocenters. The second kappa shape index (κ2) is 7.77.